The topological polar surface area (TPSA) is 71.7 Å². The number of aromatic nitrogens is 1. The lowest BCUT2D eigenvalue weighted by Crippen LogP contribution is -2.45. The number of nitrogen functional groups attached to an aromatic ring is 1. The highest BCUT2D eigenvalue weighted by molar-refractivity contribution is 5.94. The molecule has 2 fully saturated rings. The first kappa shape index (κ1) is 26.0. The van der Waals surface area contributed by atoms with E-state index in [0.29, 0.717) is 17.2 Å². The van der Waals surface area contributed by atoms with E-state index in [1.54, 1.807) is 24.4 Å². The molecule has 3 heterocycles. The Hall–Kier alpha value is -3.59. The van der Waals surface area contributed by atoms with Crippen LogP contribution < -0.4 is 10.5 Å². The van der Waals surface area contributed by atoms with Crippen molar-refractivity contribution in [1.29, 1.82) is 0 Å². The molecular weight excluding hydrogens is 493 g/mol. The first-order chi connectivity index (χ1) is 18.3. The molecule has 5 rings (SSSR count). The minimum atomic E-state index is -4.48. The van der Waals surface area contributed by atoms with Crippen LogP contribution in [0.2, 0.25) is 0 Å². The number of piperidine rings is 1. The second-order valence-corrected chi connectivity index (χ2v) is 9.89. The van der Waals surface area contributed by atoms with E-state index >= 15 is 0 Å². The summed E-state index contributed by atoms with van der Waals surface area (Å²) in [6, 6.07) is 14.8. The number of nitrogens with two attached hydrogens (primary N) is 1. The van der Waals surface area contributed by atoms with Gasteiger partial charge in [0.15, 0.2) is 11.6 Å². The molecule has 0 atom stereocenters. The summed E-state index contributed by atoms with van der Waals surface area (Å²) in [4.78, 5) is 21.7. The standard InChI is InChI=1S/C29H31F3N4O2/c30-29(31,32)25-6-2-1-5-22(25)19-38-26-17-23(18-34-27(26)33)20-7-9-21(10-8-20)28(37)36-15-11-24(12-16-36)35-13-3-4-14-35/h1-2,5-10,17-18,24H,3-4,11-16,19H2,(H2,33,34). The second-order valence-electron chi connectivity index (χ2n) is 9.89. The highest BCUT2D eigenvalue weighted by atomic mass is 19.4. The number of hydrogen-bond acceptors (Lipinski definition) is 5. The van der Waals surface area contributed by atoms with Crippen molar-refractivity contribution in [2.75, 3.05) is 31.9 Å². The maximum Gasteiger partial charge on any atom is 0.416 e. The Morgan fingerprint density at radius 2 is 1.66 bits per heavy atom. The largest absolute Gasteiger partial charge is 0.485 e. The summed E-state index contributed by atoms with van der Waals surface area (Å²) in [6.07, 6.45) is 1.66. The SMILES string of the molecule is Nc1ncc(-c2ccc(C(=O)N3CCC(N4CCCC4)CC3)cc2)cc1OCc1ccccc1C(F)(F)F. The van der Waals surface area contributed by atoms with Crippen LogP contribution in [0.25, 0.3) is 11.1 Å². The first-order valence-corrected chi connectivity index (χ1v) is 13.0. The van der Waals surface area contributed by atoms with E-state index in [-0.39, 0.29) is 29.6 Å². The van der Waals surface area contributed by atoms with E-state index in [9.17, 15) is 18.0 Å². The molecule has 1 amide bonds. The second kappa shape index (κ2) is 11.0. The summed E-state index contributed by atoms with van der Waals surface area (Å²) in [5.41, 5.74) is 7.30. The molecule has 9 heteroatoms. The predicted molar refractivity (Wildman–Crippen MR) is 140 cm³/mol. The fourth-order valence-electron chi connectivity index (χ4n) is 5.34. The van der Waals surface area contributed by atoms with Gasteiger partial charge in [-0.1, -0.05) is 30.3 Å². The number of pyridine rings is 1. The highest BCUT2D eigenvalue weighted by Gasteiger charge is 2.33. The normalized spacial score (nSPS) is 17.1. The third-order valence-corrected chi connectivity index (χ3v) is 7.46. The van der Waals surface area contributed by atoms with Crippen LogP contribution in [0.15, 0.2) is 60.8 Å². The van der Waals surface area contributed by atoms with Gasteiger partial charge in [0.25, 0.3) is 5.91 Å². The molecule has 2 aliphatic rings. The number of rotatable bonds is 6. The van der Waals surface area contributed by atoms with E-state index < -0.39 is 11.7 Å². The molecule has 3 aromatic rings. The number of halogens is 3. The minimum Gasteiger partial charge on any atom is -0.485 e. The molecule has 0 radical (unpaired) electrons. The minimum absolute atomic E-state index is 0.0112. The lowest BCUT2D eigenvalue weighted by atomic mass is 10.0. The molecule has 0 unspecified atom stereocenters. The average Bonchev–Trinajstić information content (AvgIpc) is 3.47. The molecular formula is C29H31F3N4O2. The number of alkyl halides is 3. The van der Waals surface area contributed by atoms with Crippen LogP contribution in [-0.4, -0.2) is 52.9 Å². The van der Waals surface area contributed by atoms with Crippen LogP contribution in [0.5, 0.6) is 5.75 Å². The third kappa shape index (κ3) is 5.78. The number of hydrogen-bond donors (Lipinski definition) is 1. The number of ether oxygens (including phenoxy) is 1. The zero-order chi connectivity index (χ0) is 26.7. The van der Waals surface area contributed by atoms with Crippen LogP contribution in [-0.2, 0) is 12.8 Å². The Bertz CT molecular complexity index is 1270. The third-order valence-electron chi connectivity index (χ3n) is 7.46. The Labute approximate surface area is 220 Å². The van der Waals surface area contributed by atoms with Gasteiger partial charge in [0.2, 0.25) is 0 Å². The van der Waals surface area contributed by atoms with Crippen LogP contribution in [0.3, 0.4) is 0 Å². The molecule has 38 heavy (non-hydrogen) atoms. The summed E-state index contributed by atoms with van der Waals surface area (Å²) >= 11 is 0. The molecule has 6 nitrogen and oxygen atoms in total. The van der Waals surface area contributed by atoms with Crippen molar-refractivity contribution in [2.24, 2.45) is 0 Å². The number of likely N-dealkylation sites (tertiary alicyclic amines) is 2. The summed E-state index contributed by atoms with van der Waals surface area (Å²) in [6.45, 7) is 3.58. The summed E-state index contributed by atoms with van der Waals surface area (Å²) in [7, 11) is 0. The van der Waals surface area contributed by atoms with Gasteiger partial charge in [-0.2, -0.15) is 13.2 Å². The van der Waals surface area contributed by atoms with E-state index in [1.165, 1.54) is 44.1 Å². The lowest BCUT2D eigenvalue weighted by Gasteiger charge is -2.36. The number of carbonyl (C=O) groups is 1. The van der Waals surface area contributed by atoms with Crippen LogP contribution in [0.1, 0.15) is 47.2 Å². The molecule has 0 bridgehead atoms. The van der Waals surface area contributed by atoms with Crippen LogP contribution in [0, 0.1) is 0 Å². The molecule has 2 saturated heterocycles. The lowest BCUT2D eigenvalue weighted by molar-refractivity contribution is -0.138. The maximum absolute atomic E-state index is 13.3. The van der Waals surface area contributed by atoms with Gasteiger partial charge in [-0.3, -0.25) is 4.79 Å². The predicted octanol–water partition coefficient (Wildman–Crippen LogP) is 5.63. The molecule has 0 spiro atoms. The van der Waals surface area contributed by atoms with Crippen molar-refractivity contribution >= 4 is 11.7 Å². The van der Waals surface area contributed by atoms with Gasteiger partial charge in [0.1, 0.15) is 6.61 Å². The van der Waals surface area contributed by atoms with Gasteiger partial charge in [0.05, 0.1) is 5.56 Å². The van der Waals surface area contributed by atoms with Crippen molar-refractivity contribution in [3.8, 4) is 16.9 Å². The molecule has 1 aromatic heterocycles. The van der Waals surface area contributed by atoms with Crippen molar-refractivity contribution < 1.29 is 22.7 Å². The van der Waals surface area contributed by atoms with Crippen molar-refractivity contribution in [2.45, 2.75) is 44.5 Å². The van der Waals surface area contributed by atoms with Gasteiger partial charge in [-0.25, -0.2) is 4.98 Å². The van der Waals surface area contributed by atoms with Gasteiger partial charge in [0, 0.05) is 42.0 Å². The van der Waals surface area contributed by atoms with Crippen LogP contribution >= 0.6 is 0 Å². The number of amides is 1. The Balaban J connectivity index is 1.24. The molecule has 0 saturated carbocycles. The van der Waals surface area contributed by atoms with E-state index in [2.05, 4.69) is 9.88 Å². The smallest absolute Gasteiger partial charge is 0.416 e. The van der Waals surface area contributed by atoms with Gasteiger partial charge < -0.3 is 20.3 Å². The van der Waals surface area contributed by atoms with Gasteiger partial charge in [-0.15, -0.1) is 0 Å². The number of carbonyl (C=O) groups excluding carboxylic acids is 1. The summed E-state index contributed by atoms with van der Waals surface area (Å²) < 4.78 is 45.6. The van der Waals surface area contributed by atoms with Crippen LogP contribution in [0.4, 0.5) is 19.0 Å². The zero-order valence-corrected chi connectivity index (χ0v) is 21.1. The zero-order valence-electron chi connectivity index (χ0n) is 21.1. The van der Waals surface area contributed by atoms with Gasteiger partial charge in [-0.05, 0) is 68.6 Å². The van der Waals surface area contributed by atoms with Crippen molar-refractivity contribution in [1.82, 2.24) is 14.8 Å². The average molecular weight is 525 g/mol. The summed E-state index contributed by atoms with van der Waals surface area (Å²) in [5.74, 6) is 0.307. The van der Waals surface area contributed by atoms with Gasteiger partial charge >= 0.3 is 6.18 Å². The molecule has 2 aliphatic heterocycles. The molecule has 0 aliphatic carbocycles. The Kier molecular flexibility index (Phi) is 7.56. The fraction of sp³-hybridized carbons (Fsp3) is 0.379. The van der Waals surface area contributed by atoms with Crippen molar-refractivity contribution in [3.05, 3.63) is 77.5 Å². The highest BCUT2D eigenvalue weighted by Crippen LogP contribution is 2.33. The quantitative estimate of drug-likeness (QED) is 0.453. The Morgan fingerprint density at radius 1 is 0.974 bits per heavy atom. The maximum atomic E-state index is 13.3. The number of anilines is 1. The summed E-state index contributed by atoms with van der Waals surface area (Å²) in [5, 5.41) is 0. The van der Waals surface area contributed by atoms with E-state index in [0.717, 1.165) is 37.6 Å². The number of benzene rings is 2. The molecule has 2 N–H and O–H groups in total. The van der Waals surface area contributed by atoms with E-state index in [4.69, 9.17) is 10.5 Å². The van der Waals surface area contributed by atoms with Crippen molar-refractivity contribution in [3.63, 3.8) is 0 Å². The first-order valence-electron chi connectivity index (χ1n) is 13.0. The molecule has 2 aromatic carbocycles. The monoisotopic (exact) mass is 524 g/mol. The Morgan fingerprint density at radius 3 is 2.34 bits per heavy atom. The fourth-order valence-corrected chi connectivity index (χ4v) is 5.34. The molecule has 200 valence electrons. The number of nitrogens with zero attached hydrogens (tertiary/aromatic N) is 3. The van der Waals surface area contributed by atoms with E-state index in [1.807, 2.05) is 17.0 Å².